The zero-order chi connectivity index (χ0) is 33.1. The van der Waals surface area contributed by atoms with Crippen molar-refractivity contribution >= 4 is 29.4 Å². The van der Waals surface area contributed by atoms with Crippen molar-refractivity contribution in [1.29, 1.82) is 0 Å². The number of para-hydroxylation sites is 2. The third kappa shape index (κ3) is 10.5. The van der Waals surface area contributed by atoms with Gasteiger partial charge < -0.3 is 29.3 Å². The maximum Gasteiger partial charge on any atom is 0.412 e. The number of anilines is 2. The molecule has 1 aromatic heterocycles. The second-order valence-electron chi connectivity index (χ2n) is 12.0. The van der Waals surface area contributed by atoms with Crippen LogP contribution in [-0.2, 0) is 20.8 Å². The van der Waals surface area contributed by atoms with Crippen LogP contribution in [0.15, 0.2) is 90.6 Å². The summed E-state index contributed by atoms with van der Waals surface area (Å²) >= 11 is 0. The molecule has 12 heteroatoms. The highest BCUT2D eigenvalue weighted by Crippen LogP contribution is 2.26. The van der Waals surface area contributed by atoms with Crippen molar-refractivity contribution in [2.24, 2.45) is 0 Å². The van der Waals surface area contributed by atoms with Crippen molar-refractivity contribution in [3.63, 3.8) is 0 Å². The molecule has 3 N–H and O–H groups in total. The number of benzene rings is 1. The van der Waals surface area contributed by atoms with Crippen molar-refractivity contribution in [3.05, 3.63) is 102 Å². The molecule has 0 atom stereocenters. The lowest BCUT2D eigenvalue weighted by atomic mass is 10.0. The number of carbonyl (C=O) groups is 3. The predicted octanol–water partition coefficient (Wildman–Crippen LogP) is 6.11. The van der Waals surface area contributed by atoms with E-state index in [9.17, 15) is 14.4 Å². The Bertz CT molecular complexity index is 1520. The predicted molar refractivity (Wildman–Crippen MR) is 175 cm³/mol. The SMILES string of the molecule is CN(C)CCCN(Cc1ccc(C(=O)Nc2ccccc2NC(=O)OC(C)(C)C)nc1)C(=O)NC1=COC=C(C2=CC=CCC2)O1. The number of allylic oxidation sites excluding steroid dienone is 4. The molecule has 0 unspecified atom stereocenters. The molecule has 1 aromatic carbocycles. The van der Waals surface area contributed by atoms with Crippen LogP contribution in [0.3, 0.4) is 0 Å². The number of ether oxygens (including phenoxy) is 3. The molecule has 46 heavy (non-hydrogen) atoms. The molecular formula is C34H42N6O6. The fraction of sp³-hybridized carbons (Fsp3) is 0.353. The third-order valence-corrected chi connectivity index (χ3v) is 6.69. The fourth-order valence-electron chi connectivity index (χ4n) is 4.52. The topological polar surface area (TPSA) is 134 Å². The van der Waals surface area contributed by atoms with Crippen LogP contribution >= 0.6 is 0 Å². The minimum atomic E-state index is -0.669. The highest BCUT2D eigenvalue weighted by atomic mass is 16.6. The Kier molecular flexibility index (Phi) is 11.6. The molecule has 0 saturated heterocycles. The Morgan fingerprint density at radius 3 is 2.39 bits per heavy atom. The number of nitrogens with one attached hydrogen (secondary N) is 3. The number of rotatable bonds is 11. The Labute approximate surface area is 269 Å². The first-order chi connectivity index (χ1) is 22.0. The van der Waals surface area contributed by atoms with E-state index >= 15 is 0 Å². The Balaban J connectivity index is 1.39. The fourth-order valence-corrected chi connectivity index (χ4v) is 4.52. The lowest BCUT2D eigenvalue weighted by Crippen LogP contribution is -2.41. The van der Waals surface area contributed by atoms with Gasteiger partial charge in [-0.05, 0) is 90.0 Å². The average molecular weight is 631 g/mol. The Hall–Kier alpha value is -5.10. The zero-order valence-corrected chi connectivity index (χ0v) is 27.0. The lowest BCUT2D eigenvalue weighted by Gasteiger charge is -2.26. The lowest BCUT2D eigenvalue weighted by molar-refractivity contribution is 0.0635. The molecule has 0 radical (unpaired) electrons. The number of nitrogens with zero attached hydrogens (tertiary/aromatic N) is 3. The summed E-state index contributed by atoms with van der Waals surface area (Å²) in [6, 6.07) is 9.79. The highest BCUT2D eigenvalue weighted by molar-refractivity contribution is 6.05. The summed E-state index contributed by atoms with van der Waals surface area (Å²) in [7, 11) is 3.95. The van der Waals surface area contributed by atoms with Crippen LogP contribution < -0.4 is 16.0 Å². The van der Waals surface area contributed by atoms with Gasteiger partial charge in [0.05, 0.1) is 11.4 Å². The van der Waals surface area contributed by atoms with Crippen LogP contribution in [0.2, 0.25) is 0 Å². The van der Waals surface area contributed by atoms with E-state index in [4.69, 9.17) is 14.2 Å². The highest BCUT2D eigenvalue weighted by Gasteiger charge is 2.22. The molecule has 0 spiro atoms. The number of aromatic nitrogens is 1. The van der Waals surface area contributed by atoms with Gasteiger partial charge in [-0.3, -0.25) is 20.4 Å². The smallest absolute Gasteiger partial charge is 0.412 e. The van der Waals surface area contributed by atoms with Crippen molar-refractivity contribution in [2.45, 2.75) is 52.2 Å². The first kappa shape index (κ1) is 33.8. The molecule has 2 heterocycles. The summed E-state index contributed by atoms with van der Waals surface area (Å²) in [4.78, 5) is 46.8. The number of hydrogen-bond acceptors (Lipinski definition) is 8. The maximum absolute atomic E-state index is 13.4. The van der Waals surface area contributed by atoms with Crippen molar-refractivity contribution in [1.82, 2.24) is 20.1 Å². The van der Waals surface area contributed by atoms with Gasteiger partial charge in [-0.1, -0.05) is 36.4 Å². The second kappa shape index (κ2) is 15.8. The molecule has 1 aliphatic heterocycles. The quantitative estimate of drug-likeness (QED) is 0.271. The molecule has 12 nitrogen and oxygen atoms in total. The standard InChI is InChI=1S/C34H42N6O6/c1-34(2,3)46-33(43)37-27-15-10-9-14-26(27)36-31(41)28-17-16-24(20-35-28)21-40(19-11-18-39(4)5)32(42)38-30-23-44-22-29(45-30)25-12-7-6-8-13-25/h6-7,9-10,12,14-17,20,22-23H,8,11,13,18-19,21H2,1-5H3,(H,36,41)(H,37,43)(H,38,42). The first-order valence-corrected chi connectivity index (χ1v) is 15.1. The van der Waals surface area contributed by atoms with Crippen molar-refractivity contribution < 1.29 is 28.6 Å². The van der Waals surface area contributed by atoms with E-state index in [0.717, 1.165) is 36.9 Å². The Morgan fingerprint density at radius 1 is 0.978 bits per heavy atom. The largest absolute Gasteiger partial charge is 0.463 e. The Morgan fingerprint density at radius 2 is 1.74 bits per heavy atom. The summed E-state index contributed by atoms with van der Waals surface area (Å²) < 4.78 is 16.7. The number of carbonyl (C=O) groups excluding carboxylic acids is 3. The molecular weight excluding hydrogens is 588 g/mol. The van der Waals surface area contributed by atoms with E-state index in [2.05, 4.69) is 31.9 Å². The number of pyridine rings is 1. The number of hydrogen-bond donors (Lipinski definition) is 3. The van der Waals surface area contributed by atoms with E-state index < -0.39 is 17.6 Å². The van der Waals surface area contributed by atoms with Gasteiger partial charge in [0.25, 0.3) is 5.91 Å². The van der Waals surface area contributed by atoms with E-state index in [1.807, 2.05) is 26.2 Å². The first-order valence-electron chi connectivity index (χ1n) is 15.1. The molecule has 0 fully saturated rings. The van der Waals surface area contributed by atoms with Gasteiger partial charge in [0.1, 0.15) is 17.6 Å². The average Bonchev–Trinajstić information content (AvgIpc) is 3.01. The van der Waals surface area contributed by atoms with Gasteiger partial charge in [-0.25, -0.2) is 9.59 Å². The van der Waals surface area contributed by atoms with Crippen LogP contribution in [0.4, 0.5) is 21.0 Å². The van der Waals surface area contributed by atoms with Crippen molar-refractivity contribution in [2.75, 3.05) is 37.8 Å². The van der Waals surface area contributed by atoms with Crippen LogP contribution in [0.25, 0.3) is 0 Å². The van der Waals surface area contributed by atoms with Gasteiger partial charge in [0, 0.05) is 19.3 Å². The van der Waals surface area contributed by atoms with E-state index in [1.54, 1.807) is 68.3 Å². The molecule has 4 amide bonds. The summed E-state index contributed by atoms with van der Waals surface area (Å²) in [6.45, 7) is 6.82. The molecule has 4 rings (SSSR count). The maximum atomic E-state index is 13.4. The van der Waals surface area contributed by atoms with E-state index in [0.29, 0.717) is 23.7 Å². The number of urea groups is 1. The van der Waals surface area contributed by atoms with Crippen LogP contribution in [0.1, 0.15) is 56.1 Å². The van der Waals surface area contributed by atoms with Gasteiger partial charge in [-0.2, -0.15) is 0 Å². The summed E-state index contributed by atoms with van der Waals surface area (Å²) in [5.74, 6) is 0.296. The third-order valence-electron chi connectivity index (χ3n) is 6.69. The molecule has 244 valence electrons. The van der Waals surface area contributed by atoms with Crippen LogP contribution in [-0.4, -0.2) is 65.6 Å². The van der Waals surface area contributed by atoms with E-state index in [1.165, 1.54) is 12.5 Å². The van der Waals surface area contributed by atoms with Crippen LogP contribution in [0.5, 0.6) is 0 Å². The normalized spacial score (nSPS) is 14.2. The summed E-state index contributed by atoms with van der Waals surface area (Å²) in [6.07, 6.45) is 12.3. The monoisotopic (exact) mass is 630 g/mol. The van der Waals surface area contributed by atoms with E-state index in [-0.39, 0.29) is 24.2 Å². The van der Waals surface area contributed by atoms with Crippen LogP contribution in [0, 0.1) is 0 Å². The minimum Gasteiger partial charge on any atom is -0.463 e. The molecule has 2 aromatic rings. The molecule has 0 saturated carbocycles. The molecule has 1 aliphatic carbocycles. The second-order valence-corrected chi connectivity index (χ2v) is 12.0. The number of amides is 4. The molecule has 2 aliphatic rings. The zero-order valence-electron chi connectivity index (χ0n) is 27.0. The van der Waals surface area contributed by atoms with Gasteiger partial charge in [-0.15, -0.1) is 0 Å². The van der Waals surface area contributed by atoms with Gasteiger partial charge in [0.15, 0.2) is 12.0 Å². The van der Waals surface area contributed by atoms with Gasteiger partial charge >= 0.3 is 12.1 Å². The minimum absolute atomic E-state index is 0.170. The summed E-state index contributed by atoms with van der Waals surface area (Å²) in [5, 5.41) is 8.27. The van der Waals surface area contributed by atoms with Gasteiger partial charge in [0.2, 0.25) is 5.88 Å². The summed E-state index contributed by atoms with van der Waals surface area (Å²) in [5.41, 5.74) is 2.01. The molecule has 0 bridgehead atoms. The van der Waals surface area contributed by atoms with Crippen molar-refractivity contribution in [3.8, 4) is 0 Å².